The lowest BCUT2D eigenvalue weighted by Crippen LogP contribution is -1.83. The van der Waals surface area contributed by atoms with Gasteiger partial charge in [-0.15, -0.1) is 5.10 Å². The van der Waals surface area contributed by atoms with E-state index in [9.17, 15) is 0 Å². The molecule has 0 aliphatic rings. The van der Waals surface area contributed by atoms with Gasteiger partial charge < -0.3 is 4.42 Å². The van der Waals surface area contributed by atoms with Crippen LogP contribution < -0.4 is 0 Å². The number of halogens is 2. The molecule has 6 heteroatoms. The Balaban J connectivity index is 2.52. The summed E-state index contributed by atoms with van der Waals surface area (Å²) in [6.07, 6.45) is 1.64. The maximum absolute atomic E-state index is 5.48. The zero-order valence-electron chi connectivity index (χ0n) is 6.24. The van der Waals surface area contributed by atoms with Crippen molar-refractivity contribution >= 4 is 27.5 Å². The van der Waals surface area contributed by atoms with Crippen molar-refractivity contribution in [3.8, 4) is 11.6 Å². The van der Waals surface area contributed by atoms with Crippen molar-refractivity contribution < 1.29 is 4.42 Å². The van der Waals surface area contributed by atoms with E-state index >= 15 is 0 Å². The molecule has 0 aromatic carbocycles. The van der Waals surface area contributed by atoms with Gasteiger partial charge in [0.15, 0.2) is 0 Å². The standard InChI is InChI=1S/C7H3BrClN3O/c8-4-2-1-3-10-5(4)6-11-12-7(9)13-6/h1-3H. The van der Waals surface area contributed by atoms with Crippen molar-refractivity contribution in [3.63, 3.8) is 0 Å². The molecule has 2 heterocycles. The highest BCUT2D eigenvalue weighted by molar-refractivity contribution is 9.10. The van der Waals surface area contributed by atoms with Crippen LogP contribution in [0, 0.1) is 0 Å². The molecule has 4 nitrogen and oxygen atoms in total. The fraction of sp³-hybridized carbons (Fsp3) is 0. The molecule has 0 fully saturated rings. The maximum atomic E-state index is 5.48. The number of aromatic nitrogens is 3. The van der Waals surface area contributed by atoms with E-state index in [0.717, 1.165) is 4.47 Å². The SMILES string of the molecule is Clc1nnc(-c2ncccc2Br)o1. The van der Waals surface area contributed by atoms with E-state index in [1.165, 1.54) is 0 Å². The molecule has 0 saturated heterocycles. The molecule has 13 heavy (non-hydrogen) atoms. The van der Waals surface area contributed by atoms with E-state index in [-0.39, 0.29) is 5.35 Å². The average molecular weight is 260 g/mol. The van der Waals surface area contributed by atoms with E-state index < -0.39 is 0 Å². The first-order chi connectivity index (χ1) is 6.27. The molecule has 0 spiro atoms. The topological polar surface area (TPSA) is 51.8 Å². The van der Waals surface area contributed by atoms with Gasteiger partial charge in [0, 0.05) is 10.7 Å². The van der Waals surface area contributed by atoms with Crippen LogP contribution >= 0.6 is 27.5 Å². The van der Waals surface area contributed by atoms with Crippen LogP contribution in [0.25, 0.3) is 11.6 Å². The predicted octanol–water partition coefficient (Wildman–Crippen LogP) is 2.55. The highest BCUT2D eigenvalue weighted by Gasteiger charge is 2.10. The molecule has 0 aliphatic carbocycles. The summed E-state index contributed by atoms with van der Waals surface area (Å²) < 4.78 is 5.79. The molecule has 0 saturated carbocycles. The van der Waals surface area contributed by atoms with Crippen LogP contribution in [-0.2, 0) is 0 Å². The van der Waals surface area contributed by atoms with Crippen LogP contribution in [0.4, 0.5) is 0 Å². The van der Waals surface area contributed by atoms with E-state index in [0.29, 0.717) is 11.6 Å². The zero-order valence-corrected chi connectivity index (χ0v) is 8.58. The number of hydrogen-bond donors (Lipinski definition) is 0. The molecular weight excluding hydrogens is 257 g/mol. The Morgan fingerprint density at radius 1 is 1.38 bits per heavy atom. The third kappa shape index (κ3) is 1.71. The fourth-order valence-corrected chi connectivity index (χ4v) is 1.38. The van der Waals surface area contributed by atoms with Gasteiger partial charge in [0.2, 0.25) is 0 Å². The molecule has 2 aromatic rings. The van der Waals surface area contributed by atoms with Crippen LogP contribution in [0.3, 0.4) is 0 Å². The summed E-state index contributed by atoms with van der Waals surface area (Å²) in [4.78, 5) is 4.06. The van der Waals surface area contributed by atoms with Crippen LogP contribution in [0.5, 0.6) is 0 Å². The minimum Gasteiger partial charge on any atom is -0.406 e. The van der Waals surface area contributed by atoms with Gasteiger partial charge in [-0.2, -0.15) is 0 Å². The Morgan fingerprint density at radius 2 is 2.23 bits per heavy atom. The van der Waals surface area contributed by atoms with E-state index in [4.69, 9.17) is 16.0 Å². The monoisotopic (exact) mass is 259 g/mol. The van der Waals surface area contributed by atoms with Gasteiger partial charge in [0.25, 0.3) is 5.89 Å². The summed E-state index contributed by atoms with van der Waals surface area (Å²) in [6, 6.07) is 3.63. The largest absolute Gasteiger partial charge is 0.406 e. The zero-order chi connectivity index (χ0) is 9.26. The molecule has 2 rings (SSSR count). The number of nitrogens with zero attached hydrogens (tertiary/aromatic N) is 3. The molecule has 0 bridgehead atoms. The highest BCUT2D eigenvalue weighted by Crippen LogP contribution is 2.24. The van der Waals surface area contributed by atoms with Gasteiger partial charge in [-0.25, -0.2) is 4.98 Å². The molecular formula is C7H3BrClN3O. The first-order valence-electron chi connectivity index (χ1n) is 3.37. The van der Waals surface area contributed by atoms with E-state index in [1.54, 1.807) is 12.3 Å². The Labute approximate surface area is 87.1 Å². The van der Waals surface area contributed by atoms with Crippen molar-refractivity contribution in [2.24, 2.45) is 0 Å². The Bertz CT molecular complexity index is 431. The summed E-state index contributed by atoms with van der Waals surface area (Å²) in [7, 11) is 0. The van der Waals surface area contributed by atoms with Crippen molar-refractivity contribution in [2.45, 2.75) is 0 Å². The lowest BCUT2D eigenvalue weighted by atomic mass is 10.3. The van der Waals surface area contributed by atoms with Crippen molar-refractivity contribution in [3.05, 3.63) is 28.2 Å². The lowest BCUT2D eigenvalue weighted by Gasteiger charge is -1.94. The Kier molecular flexibility index (Phi) is 2.28. The molecule has 2 aromatic heterocycles. The van der Waals surface area contributed by atoms with Gasteiger partial charge in [-0.05, 0) is 39.7 Å². The predicted molar refractivity (Wildman–Crippen MR) is 50.2 cm³/mol. The van der Waals surface area contributed by atoms with Crippen molar-refractivity contribution in [1.82, 2.24) is 15.2 Å². The summed E-state index contributed by atoms with van der Waals surface area (Å²) in [5.41, 5.74) is 0.585. The lowest BCUT2D eigenvalue weighted by molar-refractivity contribution is 0.568. The van der Waals surface area contributed by atoms with Gasteiger partial charge in [0.05, 0.1) is 0 Å². The number of pyridine rings is 1. The first kappa shape index (κ1) is 8.65. The van der Waals surface area contributed by atoms with Gasteiger partial charge >= 0.3 is 5.35 Å². The smallest absolute Gasteiger partial charge is 0.313 e. The minimum absolute atomic E-state index is 0.00699. The average Bonchev–Trinajstić information content (AvgIpc) is 2.53. The van der Waals surface area contributed by atoms with Crippen LogP contribution in [0.15, 0.2) is 27.2 Å². The van der Waals surface area contributed by atoms with Crippen LogP contribution in [0.1, 0.15) is 0 Å². The highest BCUT2D eigenvalue weighted by atomic mass is 79.9. The first-order valence-corrected chi connectivity index (χ1v) is 4.54. The van der Waals surface area contributed by atoms with E-state index in [1.807, 2.05) is 6.07 Å². The summed E-state index contributed by atoms with van der Waals surface area (Å²) in [6.45, 7) is 0. The molecule has 0 unspecified atom stereocenters. The summed E-state index contributed by atoms with van der Waals surface area (Å²) in [5, 5.41) is 7.23. The van der Waals surface area contributed by atoms with E-state index in [2.05, 4.69) is 31.1 Å². The normalized spacial score (nSPS) is 10.3. The third-order valence-corrected chi connectivity index (χ3v) is 2.15. The van der Waals surface area contributed by atoms with Crippen molar-refractivity contribution in [2.75, 3.05) is 0 Å². The molecule has 0 N–H and O–H groups in total. The maximum Gasteiger partial charge on any atom is 0.313 e. The second kappa shape index (κ2) is 3.43. The van der Waals surface area contributed by atoms with Gasteiger partial charge in [0.1, 0.15) is 5.69 Å². The minimum atomic E-state index is 0.00699. The number of rotatable bonds is 1. The third-order valence-electron chi connectivity index (χ3n) is 1.36. The second-order valence-electron chi connectivity index (χ2n) is 2.19. The Hall–Kier alpha value is -0.940. The van der Waals surface area contributed by atoms with Crippen LogP contribution in [-0.4, -0.2) is 15.2 Å². The summed E-state index contributed by atoms with van der Waals surface area (Å²) in [5.74, 6) is 0.303. The van der Waals surface area contributed by atoms with Gasteiger partial charge in [-0.3, -0.25) is 0 Å². The van der Waals surface area contributed by atoms with Gasteiger partial charge in [-0.1, -0.05) is 5.10 Å². The van der Waals surface area contributed by atoms with Crippen molar-refractivity contribution in [1.29, 1.82) is 0 Å². The summed E-state index contributed by atoms with van der Waals surface area (Å²) >= 11 is 8.79. The molecule has 0 atom stereocenters. The number of hydrogen-bond acceptors (Lipinski definition) is 4. The van der Waals surface area contributed by atoms with Crippen LogP contribution in [0.2, 0.25) is 5.35 Å². The second-order valence-corrected chi connectivity index (χ2v) is 3.37. The quantitative estimate of drug-likeness (QED) is 0.790. The molecule has 66 valence electrons. The molecule has 0 amide bonds. The Morgan fingerprint density at radius 3 is 2.85 bits per heavy atom. The molecule has 0 aliphatic heterocycles. The fourth-order valence-electron chi connectivity index (χ4n) is 0.844. The molecule has 0 radical (unpaired) electrons.